The van der Waals surface area contributed by atoms with Crippen molar-refractivity contribution in [2.45, 2.75) is 19.8 Å². The molecule has 0 saturated heterocycles. The molecule has 0 saturated carbocycles. The van der Waals surface area contributed by atoms with E-state index in [9.17, 15) is 19.2 Å². The smallest absolute Gasteiger partial charge is 0.333 e. The number of carboxylic acid groups (broad SMARTS) is 1. The first kappa shape index (κ1) is 15.8. The first-order valence-electron chi connectivity index (χ1n) is 5.20. The first-order chi connectivity index (χ1) is 8.34. The maximum atomic E-state index is 11.1. The molecule has 0 rings (SSSR count). The Morgan fingerprint density at radius 3 is 2.33 bits per heavy atom. The fraction of sp³-hybridized carbons (Fsp3) is 0.455. The van der Waals surface area contributed by atoms with Gasteiger partial charge in [0.05, 0.1) is 13.0 Å². The molecule has 0 spiro atoms. The van der Waals surface area contributed by atoms with Crippen LogP contribution in [0.3, 0.4) is 0 Å². The van der Waals surface area contributed by atoms with Gasteiger partial charge in [0, 0.05) is 12.0 Å². The molecule has 100 valence electrons. The van der Waals surface area contributed by atoms with Crippen molar-refractivity contribution in [2.75, 3.05) is 13.2 Å². The number of ether oxygens (including phenoxy) is 1. The van der Waals surface area contributed by atoms with Crippen LogP contribution in [0.25, 0.3) is 0 Å². The van der Waals surface area contributed by atoms with Gasteiger partial charge in [0.15, 0.2) is 0 Å². The van der Waals surface area contributed by atoms with Crippen LogP contribution >= 0.6 is 0 Å². The van der Waals surface area contributed by atoms with Crippen molar-refractivity contribution in [1.82, 2.24) is 5.32 Å². The Morgan fingerprint density at radius 1 is 1.22 bits per heavy atom. The lowest BCUT2D eigenvalue weighted by Gasteiger charge is -2.05. The molecule has 0 unspecified atom stereocenters. The highest BCUT2D eigenvalue weighted by molar-refractivity contribution is 6.36. The summed E-state index contributed by atoms with van der Waals surface area (Å²) in [6.07, 6.45) is -0.746. The van der Waals surface area contributed by atoms with Gasteiger partial charge >= 0.3 is 11.9 Å². The third kappa shape index (κ3) is 7.15. The van der Waals surface area contributed by atoms with Crippen LogP contribution in [0, 0.1) is 0 Å². The van der Waals surface area contributed by atoms with Crippen LogP contribution in [0.15, 0.2) is 12.2 Å². The number of Topliss-reactive ketones (excluding diaryl/α,β-unsaturated/α-hetero) is 1. The molecule has 0 aliphatic carbocycles. The van der Waals surface area contributed by atoms with Crippen molar-refractivity contribution >= 4 is 23.6 Å². The summed E-state index contributed by atoms with van der Waals surface area (Å²) in [5.41, 5.74) is 0.235. The zero-order valence-corrected chi connectivity index (χ0v) is 10.0. The molecule has 2 N–H and O–H groups in total. The Morgan fingerprint density at radius 2 is 1.83 bits per heavy atom. The number of rotatable bonds is 8. The fourth-order valence-corrected chi connectivity index (χ4v) is 0.864. The number of aliphatic carboxylic acids is 1. The SMILES string of the molecule is C=C(C)C(=O)OCCNC(=O)C(=O)CCC(=O)O. The van der Waals surface area contributed by atoms with Crippen molar-refractivity contribution in [3.8, 4) is 0 Å². The summed E-state index contributed by atoms with van der Waals surface area (Å²) in [4.78, 5) is 43.3. The summed E-state index contributed by atoms with van der Waals surface area (Å²) in [6.45, 7) is 4.75. The molecule has 0 fully saturated rings. The van der Waals surface area contributed by atoms with E-state index in [1.54, 1.807) is 0 Å². The predicted molar refractivity (Wildman–Crippen MR) is 60.7 cm³/mol. The summed E-state index contributed by atoms with van der Waals surface area (Å²) in [5.74, 6) is -3.43. The summed E-state index contributed by atoms with van der Waals surface area (Å²) in [6, 6.07) is 0. The molecule has 0 radical (unpaired) electrons. The predicted octanol–water partition coefficient (Wildman–Crippen LogP) is -0.344. The Bertz CT molecular complexity index is 374. The van der Waals surface area contributed by atoms with Crippen LogP contribution in [0.2, 0.25) is 0 Å². The Labute approximate surface area is 104 Å². The van der Waals surface area contributed by atoms with E-state index in [1.807, 2.05) is 0 Å². The van der Waals surface area contributed by atoms with E-state index in [-0.39, 0.29) is 25.1 Å². The number of carbonyl (C=O) groups excluding carboxylic acids is 3. The largest absolute Gasteiger partial charge is 0.481 e. The van der Waals surface area contributed by atoms with Gasteiger partial charge in [0.1, 0.15) is 6.61 Å². The highest BCUT2D eigenvalue weighted by Gasteiger charge is 2.14. The maximum Gasteiger partial charge on any atom is 0.333 e. The third-order valence-corrected chi connectivity index (χ3v) is 1.79. The number of amides is 1. The van der Waals surface area contributed by atoms with Crippen molar-refractivity contribution < 1.29 is 29.0 Å². The van der Waals surface area contributed by atoms with E-state index in [4.69, 9.17) is 5.11 Å². The molecule has 0 atom stereocenters. The lowest BCUT2D eigenvalue weighted by molar-refractivity contribution is -0.142. The van der Waals surface area contributed by atoms with E-state index in [2.05, 4.69) is 16.6 Å². The second-order valence-electron chi connectivity index (χ2n) is 3.49. The molecule has 7 nitrogen and oxygen atoms in total. The topological polar surface area (TPSA) is 110 Å². The number of hydrogen-bond donors (Lipinski definition) is 2. The number of esters is 1. The lowest BCUT2D eigenvalue weighted by atomic mass is 10.2. The standard InChI is InChI=1S/C11H15NO6/c1-7(2)11(17)18-6-5-12-10(16)8(13)3-4-9(14)15/h1,3-6H2,2H3,(H,12,16)(H,14,15). The van der Waals surface area contributed by atoms with Crippen LogP contribution in [-0.4, -0.2) is 41.9 Å². The van der Waals surface area contributed by atoms with Crippen LogP contribution in [0.5, 0.6) is 0 Å². The zero-order valence-electron chi connectivity index (χ0n) is 10.0. The minimum atomic E-state index is -1.15. The van der Waals surface area contributed by atoms with Gasteiger partial charge in [-0.1, -0.05) is 6.58 Å². The molecule has 1 amide bonds. The number of hydrogen-bond acceptors (Lipinski definition) is 5. The number of nitrogens with one attached hydrogen (secondary N) is 1. The average molecular weight is 257 g/mol. The molecule has 7 heteroatoms. The lowest BCUT2D eigenvalue weighted by Crippen LogP contribution is -2.34. The van der Waals surface area contributed by atoms with Crippen molar-refractivity contribution in [1.29, 1.82) is 0 Å². The van der Waals surface area contributed by atoms with Gasteiger partial charge in [-0.15, -0.1) is 0 Å². The first-order valence-corrected chi connectivity index (χ1v) is 5.20. The molecule has 0 aromatic rings. The molecular weight excluding hydrogens is 242 g/mol. The van der Waals surface area contributed by atoms with Crippen molar-refractivity contribution in [3.05, 3.63) is 12.2 Å². The molecule has 0 heterocycles. The summed E-state index contributed by atoms with van der Waals surface area (Å²) >= 11 is 0. The molecular formula is C11H15NO6. The highest BCUT2D eigenvalue weighted by atomic mass is 16.5. The highest BCUT2D eigenvalue weighted by Crippen LogP contribution is 1.92. The van der Waals surface area contributed by atoms with E-state index in [0.29, 0.717) is 0 Å². The minimum absolute atomic E-state index is 0.0172. The Kier molecular flexibility index (Phi) is 7.02. The maximum absolute atomic E-state index is 11.1. The van der Waals surface area contributed by atoms with E-state index in [1.165, 1.54) is 6.92 Å². The third-order valence-electron chi connectivity index (χ3n) is 1.79. The molecule has 0 aromatic heterocycles. The zero-order chi connectivity index (χ0) is 14.1. The van der Waals surface area contributed by atoms with Crippen LogP contribution in [-0.2, 0) is 23.9 Å². The number of carbonyl (C=O) groups is 4. The number of carboxylic acids is 1. The fourth-order valence-electron chi connectivity index (χ4n) is 0.864. The van der Waals surface area contributed by atoms with Crippen LogP contribution in [0.1, 0.15) is 19.8 Å². The molecule has 0 aromatic carbocycles. The minimum Gasteiger partial charge on any atom is -0.481 e. The second-order valence-corrected chi connectivity index (χ2v) is 3.49. The number of ketones is 1. The molecule has 0 bridgehead atoms. The van der Waals surface area contributed by atoms with E-state index in [0.717, 1.165) is 0 Å². The Balaban J connectivity index is 3.77. The summed E-state index contributed by atoms with van der Waals surface area (Å²) < 4.78 is 4.67. The molecule has 0 aliphatic rings. The second kappa shape index (κ2) is 7.99. The van der Waals surface area contributed by atoms with E-state index < -0.39 is 30.0 Å². The quantitative estimate of drug-likeness (QED) is 0.266. The van der Waals surface area contributed by atoms with E-state index >= 15 is 0 Å². The van der Waals surface area contributed by atoms with Gasteiger partial charge in [-0.05, 0) is 6.92 Å². The van der Waals surface area contributed by atoms with Crippen LogP contribution < -0.4 is 5.32 Å². The summed E-state index contributed by atoms with van der Waals surface area (Å²) in [7, 11) is 0. The average Bonchev–Trinajstić information content (AvgIpc) is 2.30. The van der Waals surface area contributed by atoms with Gasteiger partial charge in [-0.2, -0.15) is 0 Å². The van der Waals surface area contributed by atoms with Crippen molar-refractivity contribution in [2.24, 2.45) is 0 Å². The Hall–Kier alpha value is -2.18. The van der Waals surface area contributed by atoms with Gasteiger partial charge in [-0.3, -0.25) is 14.4 Å². The molecule has 0 aliphatic heterocycles. The van der Waals surface area contributed by atoms with Crippen molar-refractivity contribution in [3.63, 3.8) is 0 Å². The molecule has 18 heavy (non-hydrogen) atoms. The van der Waals surface area contributed by atoms with Gasteiger partial charge in [0.25, 0.3) is 5.91 Å². The van der Waals surface area contributed by atoms with Gasteiger partial charge < -0.3 is 15.2 Å². The monoisotopic (exact) mass is 257 g/mol. The van der Waals surface area contributed by atoms with Gasteiger partial charge in [0.2, 0.25) is 5.78 Å². The van der Waals surface area contributed by atoms with Crippen LogP contribution in [0.4, 0.5) is 0 Å². The normalized spacial score (nSPS) is 9.39. The van der Waals surface area contributed by atoms with Gasteiger partial charge in [-0.25, -0.2) is 4.79 Å². The summed E-state index contributed by atoms with van der Waals surface area (Å²) in [5, 5.41) is 10.5.